The minimum atomic E-state index is -0.312. The molecule has 1 fully saturated rings. The van der Waals surface area contributed by atoms with Gasteiger partial charge in [0.1, 0.15) is 9.71 Å². The van der Waals surface area contributed by atoms with Crippen LogP contribution in [0.2, 0.25) is 0 Å². The summed E-state index contributed by atoms with van der Waals surface area (Å²) < 4.78 is 0. The number of nitrogens with zero attached hydrogens (tertiary/aromatic N) is 3. The molecule has 0 radical (unpaired) electrons. The van der Waals surface area contributed by atoms with Crippen molar-refractivity contribution in [1.82, 2.24) is 20.6 Å². The van der Waals surface area contributed by atoms with E-state index in [1.54, 1.807) is 29.4 Å². The summed E-state index contributed by atoms with van der Waals surface area (Å²) in [5.74, 6) is -0.172. The summed E-state index contributed by atoms with van der Waals surface area (Å²) in [5, 5.41) is 10.1. The number of carbonyl (C=O) groups excluding carboxylic acids is 2. The number of urea groups is 1. The quantitative estimate of drug-likeness (QED) is 0.618. The second-order valence-electron chi connectivity index (χ2n) is 7.21. The summed E-state index contributed by atoms with van der Waals surface area (Å²) in [5.41, 5.74) is 2.69. The number of amides is 3. The molecule has 5 rings (SSSR count). The zero-order chi connectivity index (χ0) is 20.0. The molecule has 1 unspecified atom stereocenters. The second-order valence-corrected chi connectivity index (χ2v) is 8.21. The van der Waals surface area contributed by atoms with Crippen LogP contribution in [0.3, 0.4) is 0 Å². The summed E-state index contributed by atoms with van der Waals surface area (Å²) >= 11 is 1.30. The molecule has 8 nitrogen and oxygen atoms in total. The number of hydrogen-bond donors (Lipinski definition) is 3. The Kier molecular flexibility index (Phi) is 4.40. The summed E-state index contributed by atoms with van der Waals surface area (Å²) in [6.45, 7) is 3.60. The Labute approximate surface area is 171 Å². The van der Waals surface area contributed by atoms with Gasteiger partial charge in [0.2, 0.25) is 0 Å². The molecule has 3 aromatic heterocycles. The Morgan fingerprint density at radius 2 is 2.17 bits per heavy atom. The largest absolute Gasteiger partial charge is 0.347 e. The van der Waals surface area contributed by atoms with Crippen LogP contribution in [0.25, 0.3) is 10.2 Å². The molecule has 9 heteroatoms. The van der Waals surface area contributed by atoms with Gasteiger partial charge in [-0.25, -0.2) is 9.78 Å². The van der Waals surface area contributed by atoms with E-state index in [9.17, 15) is 9.59 Å². The van der Waals surface area contributed by atoms with E-state index in [-0.39, 0.29) is 18.0 Å². The first kappa shape index (κ1) is 18.0. The van der Waals surface area contributed by atoms with Crippen LogP contribution in [0.15, 0.2) is 30.6 Å². The van der Waals surface area contributed by atoms with Gasteiger partial charge in [-0.1, -0.05) is 0 Å². The summed E-state index contributed by atoms with van der Waals surface area (Å²) in [6, 6.07) is 5.24. The van der Waals surface area contributed by atoms with Crippen molar-refractivity contribution in [1.29, 1.82) is 0 Å². The van der Waals surface area contributed by atoms with Gasteiger partial charge in [0.25, 0.3) is 5.91 Å². The summed E-state index contributed by atoms with van der Waals surface area (Å²) in [7, 11) is 0. The molecule has 1 saturated heterocycles. The number of rotatable bonds is 3. The maximum Gasteiger partial charge on any atom is 0.331 e. The highest BCUT2D eigenvalue weighted by Gasteiger charge is 2.33. The number of thiophene rings is 1. The van der Waals surface area contributed by atoms with Gasteiger partial charge >= 0.3 is 6.03 Å². The highest BCUT2D eigenvalue weighted by molar-refractivity contribution is 7.21. The highest BCUT2D eigenvalue weighted by atomic mass is 32.1. The normalized spacial score (nSPS) is 18.6. The molecule has 3 N–H and O–H groups in total. The summed E-state index contributed by atoms with van der Waals surface area (Å²) in [4.78, 5) is 37.6. The van der Waals surface area contributed by atoms with E-state index < -0.39 is 0 Å². The van der Waals surface area contributed by atoms with Crippen molar-refractivity contribution in [3.05, 3.63) is 41.2 Å². The van der Waals surface area contributed by atoms with E-state index in [1.165, 1.54) is 11.3 Å². The molecule has 29 heavy (non-hydrogen) atoms. The third-order valence-electron chi connectivity index (χ3n) is 5.30. The minimum absolute atomic E-state index is 0.0925. The predicted molar refractivity (Wildman–Crippen MR) is 113 cm³/mol. The molecular formula is C20H20N6O2S. The number of carbonyl (C=O) groups is 2. The third-order valence-corrected chi connectivity index (χ3v) is 6.40. The van der Waals surface area contributed by atoms with Crippen LogP contribution in [0.5, 0.6) is 0 Å². The molecule has 2 aliphatic heterocycles. The number of aryl methyl sites for hydroxylation is 1. The first-order valence-electron chi connectivity index (χ1n) is 9.59. The zero-order valence-electron chi connectivity index (χ0n) is 15.9. The van der Waals surface area contributed by atoms with E-state index in [0.717, 1.165) is 41.8 Å². The zero-order valence-corrected chi connectivity index (χ0v) is 16.7. The lowest BCUT2D eigenvalue weighted by atomic mass is 10.1. The lowest BCUT2D eigenvalue weighted by molar-refractivity contribution is 0.0935. The molecule has 1 atom stereocenters. The van der Waals surface area contributed by atoms with Crippen molar-refractivity contribution in [3.63, 3.8) is 0 Å². The lowest BCUT2D eigenvalue weighted by Gasteiger charge is -2.29. The Morgan fingerprint density at radius 3 is 2.97 bits per heavy atom. The number of aromatic nitrogens is 2. The van der Waals surface area contributed by atoms with Crippen molar-refractivity contribution < 1.29 is 9.59 Å². The van der Waals surface area contributed by atoms with Crippen molar-refractivity contribution >= 4 is 50.6 Å². The van der Waals surface area contributed by atoms with Crippen LogP contribution in [0.1, 0.15) is 28.2 Å². The molecule has 148 valence electrons. The van der Waals surface area contributed by atoms with Crippen LogP contribution in [-0.2, 0) is 0 Å². The van der Waals surface area contributed by atoms with E-state index in [0.29, 0.717) is 21.9 Å². The van der Waals surface area contributed by atoms with Gasteiger partial charge in [0, 0.05) is 25.0 Å². The predicted octanol–water partition coefficient (Wildman–Crippen LogP) is 3.17. The number of pyridine rings is 2. The molecule has 2 aliphatic rings. The molecule has 0 saturated carbocycles. The second kappa shape index (κ2) is 7.09. The number of nitrogens with one attached hydrogen (secondary N) is 3. The molecule has 0 bridgehead atoms. The smallest absolute Gasteiger partial charge is 0.331 e. The molecule has 0 aliphatic carbocycles. The molecular weight excluding hydrogens is 388 g/mol. The Bertz CT molecular complexity index is 1120. The van der Waals surface area contributed by atoms with Crippen LogP contribution in [-0.4, -0.2) is 41.0 Å². The van der Waals surface area contributed by atoms with Crippen molar-refractivity contribution in [2.45, 2.75) is 25.8 Å². The topological polar surface area (TPSA) is 99.2 Å². The van der Waals surface area contributed by atoms with Gasteiger partial charge in [-0.3, -0.25) is 14.7 Å². The average Bonchev–Trinajstić information content (AvgIpc) is 3.10. The fourth-order valence-corrected chi connectivity index (χ4v) is 4.94. The molecule has 0 spiro atoms. The molecule has 5 heterocycles. The fourth-order valence-electron chi connectivity index (χ4n) is 3.92. The van der Waals surface area contributed by atoms with Gasteiger partial charge < -0.3 is 16.0 Å². The van der Waals surface area contributed by atoms with Crippen LogP contribution < -0.4 is 20.9 Å². The van der Waals surface area contributed by atoms with Crippen molar-refractivity contribution in [2.24, 2.45) is 0 Å². The summed E-state index contributed by atoms with van der Waals surface area (Å²) in [6.07, 6.45) is 5.35. The first-order chi connectivity index (χ1) is 14.1. The van der Waals surface area contributed by atoms with Crippen molar-refractivity contribution in [2.75, 3.05) is 23.3 Å². The molecule has 3 amide bonds. The standard InChI is InChI=1S/C20H20N6O2S/c1-11-13(5-3-8-22-11)26-14-6-9-23-19-15(14)16(25-20(26)28)17(29-19)18(27)24-12-4-2-7-21-10-12/h3,5-6,8-9,12,21H,2,4,7,10H2,1H3,(H,24,27)(H,25,28). The average molecular weight is 408 g/mol. The Hall–Kier alpha value is -3.04. The number of anilines is 3. The fraction of sp³-hybridized carbons (Fsp3) is 0.300. The lowest BCUT2D eigenvalue weighted by Crippen LogP contribution is -2.45. The minimum Gasteiger partial charge on any atom is -0.347 e. The van der Waals surface area contributed by atoms with Gasteiger partial charge in [-0.15, -0.1) is 11.3 Å². The Morgan fingerprint density at radius 1 is 1.28 bits per heavy atom. The maximum absolute atomic E-state index is 13.0. The maximum atomic E-state index is 13.0. The monoisotopic (exact) mass is 408 g/mol. The molecule has 3 aromatic rings. The Balaban J connectivity index is 1.58. The number of piperidine rings is 1. The van der Waals surface area contributed by atoms with Gasteiger partial charge in [0.05, 0.1) is 28.1 Å². The van der Waals surface area contributed by atoms with E-state index in [1.807, 2.05) is 13.0 Å². The van der Waals surface area contributed by atoms with E-state index >= 15 is 0 Å². The van der Waals surface area contributed by atoms with Crippen LogP contribution >= 0.6 is 11.3 Å². The van der Waals surface area contributed by atoms with E-state index in [2.05, 4.69) is 25.9 Å². The SMILES string of the molecule is Cc1ncccc1N1C(=O)Nc2c(C(=O)NC3CCCNC3)sc3nccc1c23. The van der Waals surface area contributed by atoms with Crippen LogP contribution in [0.4, 0.5) is 21.9 Å². The number of hydrogen-bond acceptors (Lipinski definition) is 6. The third kappa shape index (κ3) is 3.02. The van der Waals surface area contributed by atoms with Crippen LogP contribution in [0, 0.1) is 6.92 Å². The first-order valence-corrected chi connectivity index (χ1v) is 10.4. The highest BCUT2D eigenvalue weighted by Crippen LogP contribution is 2.45. The van der Waals surface area contributed by atoms with Gasteiger partial charge in [-0.05, 0) is 44.5 Å². The van der Waals surface area contributed by atoms with Crippen molar-refractivity contribution in [3.8, 4) is 0 Å². The van der Waals surface area contributed by atoms with E-state index in [4.69, 9.17) is 0 Å². The molecule has 0 aromatic carbocycles. The van der Waals surface area contributed by atoms with Gasteiger partial charge in [-0.2, -0.15) is 0 Å². The van der Waals surface area contributed by atoms with Gasteiger partial charge in [0.15, 0.2) is 0 Å².